The third-order valence-corrected chi connectivity index (χ3v) is 6.12. The fourth-order valence-electron chi connectivity index (χ4n) is 4.14. The van der Waals surface area contributed by atoms with Crippen molar-refractivity contribution >= 4 is 35.8 Å². The van der Waals surface area contributed by atoms with Crippen LogP contribution in [0.15, 0.2) is 29.3 Å². The van der Waals surface area contributed by atoms with Gasteiger partial charge in [0.1, 0.15) is 0 Å². The first kappa shape index (κ1) is 26.9. The maximum Gasteiger partial charge on any atom is 0.225 e. The normalized spacial score (nSPS) is 20.3. The summed E-state index contributed by atoms with van der Waals surface area (Å²) in [5.41, 5.74) is 2.57. The molecule has 3 rings (SSSR count). The minimum atomic E-state index is 0. The molecular weight excluding hydrogens is 515 g/mol. The monoisotopic (exact) mass is 556 g/mol. The lowest BCUT2D eigenvalue weighted by molar-refractivity contribution is -0.133. The Morgan fingerprint density at radius 3 is 2.38 bits per heavy atom. The number of likely N-dealkylation sites (N-methyl/N-ethyl adjacent to an activating group) is 1. The van der Waals surface area contributed by atoms with E-state index in [9.17, 15) is 4.79 Å². The number of guanidine groups is 1. The number of amides is 1. The molecule has 32 heavy (non-hydrogen) atoms. The van der Waals surface area contributed by atoms with Crippen molar-refractivity contribution in [2.24, 2.45) is 10.9 Å². The van der Waals surface area contributed by atoms with Crippen molar-refractivity contribution in [2.45, 2.75) is 46.3 Å². The molecule has 0 saturated carbocycles. The fourth-order valence-corrected chi connectivity index (χ4v) is 4.14. The van der Waals surface area contributed by atoms with Crippen LogP contribution in [0.3, 0.4) is 0 Å². The largest absolute Gasteiger partial charge is 0.357 e. The van der Waals surface area contributed by atoms with Crippen LogP contribution < -0.4 is 10.6 Å². The molecule has 1 atom stereocenters. The molecule has 0 aromatic heterocycles. The van der Waals surface area contributed by atoms with E-state index < -0.39 is 0 Å². The Morgan fingerprint density at radius 2 is 1.75 bits per heavy atom. The summed E-state index contributed by atoms with van der Waals surface area (Å²) in [5, 5.41) is 6.85. The second kappa shape index (κ2) is 13.3. The van der Waals surface area contributed by atoms with Gasteiger partial charge in [0.25, 0.3) is 0 Å². The van der Waals surface area contributed by atoms with Crippen LogP contribution in [0.2, 0.25) is 0 Å². The van der Waals surface area contributed by atoms with Crippen LogP contribution in [0, 0.1) is 5.92 Å². The van der Waals surface area contributed by atoms with E-state index in [1.54, 1.807) is 0 Å². The predicted molar refractivity (Wildman–Crippen MR) is 142 cm³/mol. The second-order valence-electron chi connectivity index (χ2n) is 9.16. The number of halogens is 1. The Labute approximate surface area is 211 Å². The van der Waals surface area contributed by atoms with Gasteiger partial charge >= 0.3 is 0 Å². The minimum Gasteiger partial charge on any atom is -0.357 e. The molecule has 0 aliphatic carbocycles. The average molecular weight is 557 g/mol. The van der Waals surface area contributed by atoms with E-state index in [0.717, 1.165) is 64.7 Å². The molecule has 1 amide bonds. The molecule has 1 unspecified atom stereocenters. The lowest BCUT2D eigenvalue weighted by Crippen LogP contribution is -2.45. The van der Waals surface area contributed by atoms with Crippen LogP contribution in [0.4, 0.5) is 0 Å². The van der Waals surface area contributed by atoms with E-state index in [1.165, 1.54) is 11.1 Å². The summed E-state index contributed by atoms with van der Waals surface area (Å²) in [4.78, 5) is 23.9. The van der Waals surface area contributed by atoms with Gasteiger partial charge in [-0.05, 0) is 31.5 Å². The number of hydrogen-bond donors (Lipinski definition) is 2. The van der Waals surface area contributed by atoms with Crippen molar-refractivity contribution < 1.29 is 4.79 Å². The van der Waals surface area contributed by atoms with Crippen molar-refractivity contribution in [3.8, 4) is 0 Å². The van der Waals surface area contributed by atoms with Crippen molar-refractivity contribution in [2.75, 3.05) is 52.9 Å². The number of aliphatic imine (C=N–C) groups is 1. The molecular formula is C24H41IN6O. The molecule has 2 heterocycles. The average Bonchev–Trinajstić information content (AvgIpc) is 3.22. The molecule has 180 valence electrons. The summed E-state index contributed by atoms with van der Waals surface area (Å²) in [6, 6.07) is 9.10. The number of nitrogens with zero attached hydrogens (tertiary/aromatic N) is 4. The number of piperazine rings is 1. The van der Waals surface area contributed by atoms with Crippen LogP contribution >= 0.6 is 24.0 Å². The molecule has 0 radical (unpaired) electrons. The standard InChI is InChI=1S/C24H40N6O.HI/c1-5-25-24(27-22-10-11-30(18-22)23(31)19(2)3)26-16-20-6-8-21(9-7-20)17-29-14-12-28(4)13-15-29;/h6-9,19,22H,5,10-18H2,1-4H3,(H2,25,26,27);1H. The molecule has 2 saturated heterocycles. The highest BCUT2D eigenvalue weighted by molar-refractivity contribution is 14.0. The van der Waals surface area contributed by atoms with E-state index in [0.29, 0.717) is 6.54 Å². The van der Waals surface area contributed by atoms with Gasteiger partial charge in [0.05, 0.1) is 6.54 Å². The van der Waals surface area contributed by atoms with Crippen LogP contribution in [-0.4, -0.2) is 85.5 Å². The number of hydrogen-bond acceptors (Lipinski definition) is 4. The highest BCUT2D eigenvalue weighted by atomic mass is 127. The number of nitrogens with one attached hydrogen (secondary N) is 2. The highest BCUT2D eigenvalue weighted by Crippen LogP contribution is 2.13. The predicted octanol–water partition coefficient (Wildman–Crippen LogP) is 2.36. The maximum absolute atomic E-state index is 12.2. The fraction of sp³-hybridized carbons (Fsp3) is 0.667. The van der Waals surface area contributed by atoms with Gasteiger partial charge in [0.2, 0.25) is 5.91 Å². The third kappa shape index (κ3) is 8.19. The van der Waals surface area contributed by atoms with Gasteiger partial charge in [0.15, 0.2) is 5.96 Å². The Balaban J connectivity index is 0.00000363. The molecule has 7 nitrogen and oxygen atoms in total. The smallest absolute Gasteiger partial charge is 0.225 e. The zero-order valence-electron chi connectivity index (χ0n) is 20.1. The first-order valence-corrected chi connectivity index (χ1v) is 11.8. The van der Waals surface area contributed by atoms with Gasteiger partial charge in [0, 0.05) is 64.3 Å². The maximum atomic E-state index is 12.2. The Hall–Kier alpha value is -1.39. The minimum absolute atomic E-state index is 0. The van der Waals surface area contributed by atoms with Crippen LogP contribution in [-0.2, 0) is 17.9 Å². The zero-order valence-corrected chi connectivity index (χ0v) is 22.5. The van der Waals surface area contributed by atoms with E-state index in [2.05, 4.69) is 58.7 Å². The molecule has 0 bridgehead atoms. The molecule has 2 N–H and O–H groups in total. The molecule has 2 fully saturated rings. The van der Waals surface area contributed by atoms with Gasteiger partial charge in [-0.15, -0.1) is 24.0 Å². The van der Waals surface area contributed by atoms with Gasteiger partial charge in [-0.2, -0.15) is 0 Å². The van der Waals surface area contributed by atoms with Crippen molar-refractivity contribution in [1.82, 2.24) is 25.3 Å². The Morgan fingerprint density at radius 1 is 1.09 bits per heavy atom. The van der Waals surface area contributed by atoms with E-state index in [4.69, 9.17) is 4.99 Å². The second-order valence-corrected chi connectivity index (χ2v) is 9.16. The topological polar surface area (TPSA) is 63.2 Å². The summed E-state index contributed by atoms with van der Waals surface area (Å²) >= 11 is 0. The summed E-state index contributed by atoms with van der Waals surface area (Å²) in [6.45, 7) is 14.6. The molecule has 2 aliphatic heterocycles. The summed E-state index contributed by atoms with van der Waals surface area (Å²) < 4.78 is 0. The summed E-state index contributed by atoms with van der Waals surface area (Å²) in [7, 11) is 2.19. The first-order valence-electron chi connectivity index (χ1n) is 11.8. The molecule has 1 aromatic carbocycles. The van der Waals surface area contributed by atoms with Gasteiger partial charge in [-0.25, -0.2) is 4.99 Å². The first-order chi connectivity index (χ1) is 14.9. The number of likely N-dealkylation sites (tertiary alicyclic amines) is 1. The third-order valence-electron chi connectivity index (χ3n) is 6.12. The Kier molecular flexibility index (Phi) is 11.2. The van der Waals surface area contributed by atoms with Gasteiger partial charge in [-0.3, -0.25) is 9.69 Å². The van der Waals surface area contributed by atoms with E-state index in [1.807, 2.05) is 18.7 Å². The van der Waals surface area contributed by atoms with E-state index in [-0.39, 0.29) is 41.8 Å². The van der Waals surface area contributed by atoms with E-state index >= 15 is 0 Å². The molecule has 2 aliphatic rings. The van der Waals surface area contributed by atoms with Gasteiger partial charge in [-0.1, -0.05) is 38.1 Å². The van der Waals surface area contributed by atoms with Crippen molar-refractivity contribution in [3.05, 3.63) is 35.4 Å². The lowest BCUT2D eigenvalue weighted by atomic mass is 10.1. The van der Waals surface area contributed by atoms with Crippen molar-refractivity contribution in [3.63, 3.8) is 0 Å². The van der Waals surface area contributed by atoms with Crippen LogP contribution in [0.5, 0.6) is 0 Å². The molecule has 8 heteroatoms. The highest BCUT2D eigenvalue weighted by Gasteiger charge is 2.27. The number of rotatable bonds is 7. The van der Waals surface area contributed by atoms with Crippen LogP contribution in [0.25, 0.3) is 0 Å². The molecule has 1 aromatic rings. The quantitative estimate of drug-likeness (QED) is 0.307. The van der Waals surface area contributed by atoms with Crippen LogP contribution in [0.1, 0.15) is 38.3 Å². The van der Waals surface area contributed by atoms with Gasteiger partial charge < -0.3 is 20.4 Å². The lowest BCUT2D eigenvalue weighted by Gasteiger charge is -2.32. The Bertz CT molecular complexity index is 731. The zero-order chi connectivity index (χ0) is 22.2. The molecule has 0 spiro atoms. The SMILES string of the molecule is CCNC(=NCc1ccc(CN2CCN(C)CC2)cc1)NC1CCN(C(=O)C(C)C)C1.I. The number of carbonyl (C=O) groups excluding carboxylic acids is 1. The summed E-state index contributed by atoms with van der Waals surface area (Å²) in [5.74, 6) is 1.12. The van der Waals surface area contributed by atoms with Crippen molar-refractivity contribution in [1.29, 1.82) is 0 Å². The summed E-state index contributed by atoms with van der Waals surface area (Å²) in [6.07, 6.45) is 0.962. The number of carbonyl (C=O) groups is 1. The number of benzene rings is 1.